The van der Waals surface area contributed by atoms with Crippen LogP contribution in [0.25, 0.3) is 0 Å². The fourth-order valence-corrected chi connectivity index (χ4v) is 2.08. The molecule has 1 fully saturated rings. The lowest BCUT2D eigenvalue weighted by Gasteiger charge is -2.17. The molecule has 94 valence electrons. The van der Waals surface area contributed by atoms with Crippen molar-refractivity contribution < 1.29 is 4.74 Å². The molecule has 1 atom stereocenters. The first-order valence-corrected chi connectivity index (χ1v) is 6.64. The predicted octanol–water partition coefficient (Wildman–Crippen LogP) is 3.24. The molecule has 0 aromatic heterocycles. The van der Waals surface area contributed by atoms with E-state index in [1.807, 2.05) is 0 Å². The van der Waals surface area contributed by atoms with Crippen LogP contribution in [-0.2, 0) is 0 Å². The van der Waals surface area contributed by atoms with Crippen molar-refractivity contribution in [1.82, 2.24) is 0 Å². The minimum absolute atomic E-state index is 0.481. The summed E-state index contributed by atoms with van der Waals surface area (Å²) < 4.78 is 5.94. The highest BCUT2D eigenvalue weighted by Crippen LogP contribution is 2.33. The summed E-state index contributed by atoms with van der Waals surface area (Å²) in [6.45, 7) is 5.97. The molecular weight excluding hydrogens is 210 g/mol. The monoisotopic (exact) mass is 233 g/mol. The number of benzene rings is 1. The second-order valence-electron chi connectivity index (χ2n) is 5.27. The number of nitrogens with two attached hydrogens (primary N) is 1. The Labute approximate surface area is 104 Å². The summed E-state index contributed by atoms with van der Waals surface area (Å²) in [6, 6.07) is 6.48. The largest absolute Gasteiger partial charge is 0.493 e. The maximum atomic E-state index is 5.94. The highest BCUT2D eigenvalue weighted by molar-refractivity contribution is 5.39. The second-order valence-corrected chi connectivity index (χ2v) is 5.27. The van der Waals surface area contributed by atoms with E-state index in [1.165, 1.54) is 24.0 Å². The van der Waals surface area contributed by atoms with Crippen LogP contribution < -0.4 is 10.5 Å². The van der Waals surface area contributed by atoms with Gasteiger partial charge in [0, 0.05) is 0 Å². The summed E-state index contributed by atoms with van der Waals surface area (Å²) >= 11 is 0. The molecular formula is C15H23NO. The van der Waals surface area contributed by atoms with Crippen LogP contribution in [0.3, 0.4) is 0 Å². The molecule has 2 nitrogen and oxygen atoms in total. The van der Waals surface area contributed by atoms with Crippen LogP contribution in [0.15, 0.2) is 18.2 Å². The third-order valence-electron chi connectivity index (χ3n) is 3.47. The normalized spacial score (nSPS) is 16.9. The van der Waals surface area contributed by atoms with Crippen LogP contribution in [0.4, 0.5) is 0 Å². The Bertz CT molecular complexity index is 371. The molecule has 2 rings (SSSR count). The van der Waals surface area contributed by atoms with Gasteiger partial charge in [0.15, 0.2) is 0 Å². The highest BCUT2D eigenvalue weighted by atomic mass is 16.5. The van der Waals surface area contributed by atoms with Gasteiger partial charge < -0.3 is 10.5 Å². The van der Waals surface area contributed by atoms with Gasteiger partial charge in [-0.05, 0) is 56.2 Å². The van der Waals surface area contributed by atoms with Crippen LogP contribution in [0.5, 0.6) is 5.75 Å². The number of hydrogen-bond donors (Lipinski definition) is 1. The molecule has 0 amide bonds. The summed E-state index contributed by atoms with van der Waals surface area (Å²) in [5.74, 6) is 2.34. The minimum Gasteiger partial charge on any atom is -0.493 e. The Kier molecular flexibility index (Phi) is 4.06. The topological polar surface area (TPSA) is 35.2 Å². The zero-order valence-corrected chi connectivity index (χ0v) is 10.9. The lowest BCUT2D eigenvalue weighted by molar-refractivity contribution is 0.295. The third-order valence-corrected chi connectivity index (χ3v) is 3.47. The molecule has 1 aromatic rings. The second kappa shape index (κ2) is 5.54. The summed E-state index contributed by atoms with van der Waals surface area (Å²) in [5, 5.41) is 0. The standard InChI is InChI=1S/C15H23NO/c1-11-3-6-15(17-10-13-4-5-13)14(9-11)12(2)7-8-16/h3,6,9,12-13H,4-5,7-8,10,16H2,1-2H3. The predicted molar refractivity (Wildman–Crippen MR) is 71.5 cm³/mol. The van der Waals surface area contributed by atoms with Crippen molar-refractivity contribution in [2.45, 2.75) is 39.0 Å². The zero-order valence-electron chi connectivity index (χ0n) is 10.9. The lowest BCUT2D eigenvalue weighted by atomic mass is 9.95. The van der Waals surface area contributed by atoms with Gasteiger partial charge in [0.25, 0.3) is 0 Å². The molecule has 0 heterocycles. The van der Waals surface area contributed by atoms with Crippen LogP contribution in [-0.4, -0.2) is 13.2 Å². The van der Waals surface area contributed by atoms with E-state index >= 15 is 0 Å². The summed E-state index contributed by atoms with van der Waals surface area (Å²) in [4.78, 5) is 0. The number of aryl methyl sites for hydroxylation is 1. The van der Waals surface area contributed by atoms with E-state index in [0.29, 0.717) is 5.92 Å². The lowest BCUT2D eigenvalue weighted by Crippen LogP contribution is -2.08. The molecule has 1 aliphatic carbocycles. The molecule has 0 radical (unpaired) electrons. The maximum absolute atomic E-state index is 5.94. The Balaban J connectivity index is 2.10. The van der Waals surface area contributed by atoms with Gasteiger partial charge in [-0.2, -0.15) is 0 Å². The number of hydrogen-bond acceptors (Lipinski definition) is 2. The van der Waals surface area contributed by atoms with Gasteiger partial charge in [-0.15, -0.1) is 0 Å². The van der Waals surface area contributed by atoms with Gasteiger partial charge in [-0.3, -0.25) is 0 Å². The molecule has 2 heteroatoms. The summed E-state index contributed by atoms with van der Waals surface area (Å²) in [6.07, 6.45) is 3.68. The smallest absolute Gasteiger partial charge is 0.122 e. The molecule has 0 spiro atoms. The van der Waals surface area contributed by atoms with E-state index in [-0.39, 0.29) is 0 Å². The van der Waals surface area contributed by atoms with E-state index in [1.54, 1.807) is 0 Å². The van der Waals surface area contributed by atoms with Crippen LogP contribution in [0, 0.1) is 12.8 Å². The van der Waals surface area contributed by atoms with Crippen molar-refractivity contribution in [2.75, 3.05) is 13.2 Å². The zero-order chi connectivity index (χ0) is 12.3. The maximum Gasteiger partial charge on any atom is 0.122 e. The first kappa shape index (κ1) is 12.4. The van der Waals surface area contributed by atoms with Gasteiger partial charge in [-0.1, -0.05) is 24.6 Å². The van der Waals surface area contributed by atoms with Gasteiger partial charge in [0.1, 0.15) is 5.75 Å². The van der Waals surface area contributed by atoms with Crippen molar-refractivity contribution >= 4 is 0 Å². The fourth-order valence-electron chi connectivity index (χ4n) is 2.08. The molecule has 1 aromatic carbocycles. The molecule has 0 saturated heterocycles. The SMILES string of the molecule is Cc1ccc(OCC2CC2)c(C(C)CCN)c1. The average Bonchev–Trinajstić information content (AvgIpc) is 3.11. The van der Waals surface area contributed by atoms with Crippen molar-refractivity contribution in [3.05, 3.63) is 29.3 Å². The Hall–Kier alpha value is -1.02. The quantitative estimate of drug-likeness (QED) is 0.818. The van der Waals surface area contributed by atoms with Crippen molar-refractivity contribution in [2.24, 2.45) is 11.7 Å². The highest BCUT2D eigenvalue weighted by Gasteiger charge is 2.22. The van der Waals surface area contributed by atoms with E-state index in [4.69, 9.17) is 10.5 Å². The van der Waals surface area contributed by atoms with Crippen LogP contribution in [0.2, 0.25) is 0 Å². The van der Waals surface area contributed by atoms with Gasteiger partial charge in [-0.25, -0.2) is 0 Å². The number of rotatable bonds is 6. The average molecular weight is 233 g/mol. The number of ether oxygens (including phenoxy) is 1. The molecule has 17 heavy (non-hydrogen) atoms. The van der Waals surface area contributed by atoms with Gasteiger partial charge >= 0.3 is 0 Å². The summed E-state index contributed by atoms with van der Waals surface area (Å²) in [7, 11) is 0. The Morgan fingerprint density at radius 3 is 2.82 bits per heavy atom. The Morgan fingerprint density at radius 1 is 1.41 bits per heavy atom. The molecule has 0 bridgehead atoms. The molecule has 2 N–H and O–H groups in total. The summed E-state index contributed by atoms with van der Waals surface area (Å²) in [5.41, 5.74) is 8.26. The van der Waals surface area contributed by atoms with Gasteiger partial charge in [0.05, 0.1) is 6.61 Å². The van der Waals surface area contributed by atoms with E-state index in [9.17, 15) is 0 Å². The van der Waals surface area contributed by atoms with E-state index in [2.05, 4.69) is 32.0 Å². The first-order valence-electron chi connectivity index (χ1n) is 6.64. The van der Waals surface area contributed by atoms with E-state index < -0.39 is 0 Å². The minimum atomic E-state index is 0.481. The molecule has 1 unspecified atom stereocenters. The van der Waals surface area contributed by atoms with E-state index in [0.717, 1.165) is 31.2 Å². The van der Waals surface area contributed by atoms with Crippen LogP contribution >= 0.6 is 0 Å². The van der Waals surface area contributed by atoms with Crippen molar-refractivity contribution in [3.63, 3.8) is 0 Å². The fraction of sp³-hybridized carbons (Fsp3) is 0.600. The van der Waals surface area contributed by atoms with Crippen molar-refractivity contribution in [1.29, 1.82) is 0 Å². The van der Waals surface area contributed by atoms with Crippen LogP contribution in [0.1, 0.15) is 43.2 Å². The molecule has 1 aliphatic rings. The Morgan fingerprint density at radius 2 is 2.18 bits per heavy atom. The molecule has 0 aliphatic heterocycles. The third kappa shape index (κ3) is 3.47. The first-order chi connectivity index (χ1) is 8.20. The van der Waals surface area contributed by atoms with Gasteiger partial charge in [0.2, 0.25) is 0 Å². The van der Waals surface area contributed by atoms with Crippen molar-refractivity contribution in [3.8, 4) is 5.75 Å². The molecule has 1 saturated carbocycles.